The summed E-state index contributed by atoms with van der Waals surface area (Å²) >= 11 is 0. The van der Waals surface area contributed by atoms with Crippen molar-refractivity contribution >= 4 is 5.69 Å². The fraction of sp³-hybridized carbons (Fsp3) is 0.647. The Morgan fingerprint density at radius 3 is 2.44 bits per heavy atom. The van der Waals surface area contributed by atoms with E-state index in [-0.39, 0.29) is 5.41 Å². The molecule has 0 radical (unpaired) electrons. The van der Waals surface area contributed by atoms with E-state index in [1.807, 2.05) is 0 Å². The van der Waals surface area contributed by atoms with Crippen LogP contribution in [0.15, 0.2) is 18.2 Å². The van der Waals surface area contributed by atoms with E-state index in [1.165, 1.54) is 43.4 Å². The Morgan fingerprint density at radius 2 is 1.78 bits per heavy atom. The number of rotatable bonds is 0. The SMILES string of the molecule is CC(C)(C)c1ccc2c(c1)C1(CCCCC1)CN2. The molecule has 1 aromatic carbocycles. The molecule has 1 saturated carbocycles. The molecular weight excluding hydrogens is 218 g/mol. The molecule has 1 aromatic rings. The molecule has 0 bridgehead atoms. The van der Waals surface area contributed by atoms with Gasteiger partial charge in [0.15, 0.2) is 0 Å². The summed E-state index contributed by atoms with van der Waals surface area (Å²) in [7, 11) is 0. The van der Waals surface area contributed by atoms with Crippen LogP contribution in [0.3, 0.4) is 0 Å². The zero-order valence-corrected chi connectivity index (χ0v) is 12.0. The van der Waals surface area contributed by atoms with Crippen molar-refractivity contribution in [3.8, 4) is 0 Å². The van der Waals surface area contributed by atoms with Crippen molar-refractivity contribution in [2.45, 2.75) is 63.7 Å². The van der Waals surface area contributed by atoms with Crippen LogP contribution in [0.25, 0.3) is 0 Å². The van der Waals surface area contributed by atoms with Gasteiger partial charge in [0.1, 0.15) is 0 Å². The van der Waals surface area contributed by atoms with Gasteiger partial charge in [-0.2, -0.15) is 0 Å². The van der Waals surface area contributed by atoms with Crippen molar-refractivity contribution in [2.75, 3.05) is 11.9 Å². The molecule has 1 N–H and O–H groups in total. The van der Waals surface area contributed by atoms with Crippen molar-refractivity contribution in [1.29, 1.82) is 0 Å². The second kappa shape index (κ2) is 4.01. The number of benzene rings is 1. The summed E-state index contributed by atoms with van der Waals surface area (Å²) in [6, 6.07) is 7.09. The lowest BCUT2D eigenvalue weighted by Gasteiger charge is -2.34. The predicted molar refractivity (Wildman–Crippen MR) is 78.4 cm³/mol. The summed E-state index contributed by atoms with van der Waals surface area (Å²) in [6.07, 6.45) is 6.99. The lowest BCUT2D eigenvalue weighted by Crippen LogP contribution is -2.31. The van der Waals surface area contributed by atoms with Gasteiger partial charge in [-0.05, 0) is 35.4 Å². The van der Waals surface area contributed by atoms with E-state index in [0.717, 1.165) is 6.54 Å². The van der Waals surface area contributed by atoms with E-state index in [1.54, 1.807) is 5.56 Å². The molecule has 0 atom stereocenters. The van der Waals surface area contributed by atoms with Gasteiger partial charge < -0.3 is 5.32 Å². The number of nitrogens with one attached hydrogen (secondary N) is 1. The van der Waals surface area contributed by atoms with Crippen molar-refractivity contribution in [3.63, 3.8) is 0 Å². The second-order valence-electron chi connectivity index (χ2n) is 7.20. The van der Waals surface area contributed by atoms with Crippen molar-refractivity contribution in [2.24, 2.45) is 0 Å². The van der Waals surface area contributed by atoms with Gasteiger partial charge in [-0.3, -0.25) is 0 Å². The van der Waals surface area contributed by atoms with Gasteiger partial charge >= 0.3 is 0 Å². The molecule has 18 heavy (non-hydrogen) atoms. The smallest absolute Gasteiger partial charge is 0.0379 e. The van der Waals surface area contributed by atoms with E-state index < -0.39 is 0 Å². The minimum absolute atomic E-state index is 0.257. The fourth-order valence-electron chi connectivity index (χ4n) is 3.64. The van der Waals surface area contributed by atoms with E-state index in [9.17, 15) is 0 Å². The highest BCUT2D eigenvalue weighted by atomic mass is 14.9. The molecule has 1 aliphatic heterocycles. The molecule has 1 spiro atoms. The fourth-order valence-corrected chi connectivity index (χ4v) is 3.64. The number of hydrogen-bond acceptors (Lipinski definition) is 1. The normalized spacial score (nSPS) is 21.7. The maximum atomic E-state index is 3.64. The zero-order valence-electron chi connectivity index (χ0n) is 12.0. The lowest BCUT2D eigenvalue weighted by molar-refractivity contribution is 0.319. The molecule has 2 aliphatic rings. The monoisotopic (exact) mass is 243 g/mol. The molecule has 0 unspecified atom stereocenters. The molecule has 1 nitrogen and oxygen atoms in total. The maximum Gasteiger partial charge on any atom is 0.0379 e. The molecule has 0 saturated heterocycles. The highest BCUT2D eigenvalue weighted by Gasteiger charge is 2.40. The largest absolute Gasteiger partial charge is 0.384 e. The Morgan fingerprint density at radius 1 is 1.06 bits per heavy atom. The van der Waals surface area contributed by atoms with Crippen molar-refractivity contribution < 1.29 is 0 Å². The first-order valence-corrected chi connectivity index (χ1v) is 7.40. The van der Waals surface area contributed by atoms with Crippen LogP contribution in [0.1, 0.15) is 64.0 Å². The topological polar surface area (TPSA) is 12.0 Å². The predicted octanol–water partition coefficient (Wildman–Crippen LogP) is 4.61. The number of anilines is 1. The van der Waals surface area contributed by atoms with Crippen LogP contribution < -0.4 is 5.32 Å². The van der Waals surface area contributed by atoms with Gasteiger partial charge in [-0.15, -0.1) is 0 Å². The molecular formula is C17H25N. The van der Waals surface area contributed by atoms with E-state index >= 15 is 0 Å². The third kappa shape index (κ3) is 1.84. The van der Waals surface area contributed by atoms with Crippen LogP contribution in [0.5, 0.6) is 0 Å². The van der Waals surface area contributed by atoms with Crippen LogP contribution in [0.4, 0.5) is 5.69 Å². The first-order valence-electron chi connectivity index (χ1n) is 7.40. The second-order valence-corrected chi connectivity index (χ2v) is 7.20. The van der Waals surface area contributed by atoms with Gasteiger partial charge in [-0.1, -0.05) is 52.2 Å². The van der Waals surface area contributed by atoms with Crippen LogP contribution in [0, 0.1) is 0 Å². The quantitative estimate of drug-likeness (QED) is 0.701. The van der Waals surface area contributed by atoms with Gasteiger partial charge in [0.2, 0.25) is 0 Å². The van der Waals surface area contributed by atoms with E-state index in [0.29, 0.717) is 5.41 Å². The first-order chi connectivity index (χ1) is 8.51. The van der Waals surface area contributed by atoms with Crippen LogP contribution in [-0.4, -0.2) is 6.54 Å². The highest BCUT2D eigenvalue weighted by Crippen LogP contribution is 2.47. The van der Waals surface area contributed by atoms with Gasteiger partial charge in [0.05, 0.1) is 0 Å². The van der Waals surface area contributed by atoms with Gasteiger partial charge in [0.25, 0.3) is 0 Å². The third-order valence-corrected chi connectivity index (χ3v) is 4.88. The Kier molecular flexibility index (Phi) is 2.69. The molecule has 0 amide bonds. The number of fused-ring (bicyclic) bond motifs is 2. The van der Waals surface area contributed by atoms with Crippen LogP contribution >= 0.6 is 0 Å². The summed E-state index contributed by atoms with van der Waals surface area (Å²) in [5.41, 5.74) is 5.19. The van der Waals surface area contributed by atoms with Crippen LogP contribution in [0.2, 0.25) is 0 Å². The molecule has 98 valence electrons. The Labute approximate surface area is 111 Å². The summed E-state index contributed by atoms with van der Waals surface area (Å²) < 4.78 is 0. The van der Waals surface area contributed by atoms with Gasteiger partial charge in [0, 0.05) is 17.6 Å². The molecule has 1 heteroatoms. The summed E-state index contributed by atoms with van der Waals surface area (Å²) in [5.74, 6) is 0. The molecule has 3 rings (SSSR count). The molecule has 1 aliphatic carbocycles. The van der Waals surface area contributed by atoms with Crippen molar-refractivity contribution in [3.05, 3.63) is 29.3 Å². The Bertz CT molecular complexity index is 442. The maximum absolute atomic E-state index is 3.64. The van der Waals surface area contributed by atoms with E-state index in [2.05, 4.69) is 44.3 Å². The lowest BCUT2D eigenvalue weighted by atomic mass is 9.70. The minimum Gasteiger partial charge on any atom is -0.384 e. The van der Waals surface area contributed by atoms with E-state index in [4.69, 9.17) is 0 Å². The summed E-state index contributed by atoms with van der Waals surface area (Å²) in [5, 5.41) is 3.64. The summed E-state index contributed by atoms with van der Waals surface area (Å²) in [6.45, 7) is 8.09. The van der Waals surface area contributed by atoms with Crippen molar-refractivity contribution in [1.82, 2.24) is 0 Å². The molecule has 0 aromatic heterocycles. The van der Waals surface area contributed by atoms with Crippen LogP contribution in [-0.2, 0) is 10.8 Å². The molecule has 1 fully saturated rings. The molecule has 1 heterocycles. The minimum atomic E-state index is 0.257. The zero-order chi connectivity index (χ0) is 12.8. The standard InChI is InChI=1S/C17H25N/c1-16(2,3)13-7-8-15-14(11-13)17(12-18-15)9-5-4-6-10-17/h7-8,11,18H,4-6,9-10,12H2,1-3H3. The first kappa shape index (κ1) is 12.1. The average Bonchev–Trinajstić information content (AvgIpc) is 2.68. The Hall–Kier alpha value is -0.980. The highest BCUT2D eigenvalue weighted by molar-refractivity contribution is 5.62. The average molecular weight is 243 g/mol. The third-order valence-electron chi connectivity index (χ3n) is 4.88. The summed E-state index contributed by atoms with van der Waals surface area (Å²) in [4.78, 5) is 0. The Balaban J connectivity index is 2.04. The van der Waals surface area contributed by atoms with Gasteiger partial charge in [-0.25, -0.2) is 0 Å². The number of hydrogen-bond donors (Lipinski definition) is 1.